The summed E-state index contributed by atoms with van der Waals surface area (Å²) in [7, 11) is 2.20. The lowest BCUT2D eigenvalue weighted by atomic mass is 9.94. The van der Waals surface area contributed by atoms with E-state index in [1.54, 1.807) is 0 Å². The zero-order valence-corrected chi connectivity index (χ0v) is 12.9. The number of hydrogen-bond acceptors (Lipinski definition) is 2. The second-order valence-electron chi connectivity index (χ2n) is 6.11. The van der Waals surface area contributed by atoms with Gasteiger partial charge in [-0.05, 0) is 49.8 Å². The molecule has 0 aromatic heterocycles. The quantitative estimate of drug-likeness (QED) is 0.867. The summed E-state index contributed by atoms with van der Waals surface area (Å²) in [5, 5.41) is 3.72. The van der Waals surface area contributed by atoms with Crippen LogP contribution in [0, 0.1) is 0 Å². The van der Waals surface area contributed by atoms with E-state index >= 15 is 0 Å². The van der Waals surface area contributed by atoms with Crippen LogP contribution in [0.3, 0.4) is 0 Å². The van der Waals surface area contributed by atoms with Gasteiger partial charge in [0.2, 0.25) is 0 Å². The standard InChI is InChI=1S/C17H28N2/c1-5-17(3,6-2)18-13-14-9-10-16-15(12-14)8-7-11-19(16)4/h9-10,12,18H,5-8,11,13H2,1-4H3. The number of anilines is 1. The summed E-state index contributed by atoms with van der Waals surface area (Å²) in [5.74, 6) is 0. The van der Waals surface area contributed by atoms with Crippen molar-refractivity contribution in [2.24, 2.45) is 0 Å². The van der Waals surface area contributed by atoms with Crippen LogP contribution in [-0.4, -0.2) is 19.1 Å². The molecule has 0 saturated heterocycles. The van der Waals surface area contributed by atoms with Crippen LogP contribution in [0.5, 0.6) is 0 Å². The van der Waals surface area contributed by atoms with Crippen molar-refractivity contribution in [2.45, 2.75) is 58.5 Å². The van der Waals surface area contributed by atoms with E-state index in [1.807, 2.05) is 0 Å². The smallest absolute Gasteiger partial charge is 0.0396 e. The lowest BCUT2D eigenvalue weighted by molar-refractivity contribution is 0.329. The molecule has 0 amide bonds. The van der Waals surface area contributed by atoms with Gasteiger partial charge in [-0.2, -0.15) is 0 Å². The third-order valence-electron chi connectivity index (χ3n) is 4.77. The SMILES string of the molecule is CCC(C)(CC)NCc1ccc2c(c1)CCCN2C. The molecule has 19 heavy (non-hydrogen) atoms. The van der Waals surface area contributed by atoms with Gasteiger partial charge in [-0.15, -0.1) is 0 Å². The molecule has 0 fully saturated rings. The van der Waals surface area contributed by atoms with Crippen LogP contribution in [-0.2, 0) is 13.0 Å². The van der Waals surface area contributed by atoms with E-state index < -0.39 is 0 Å². The molecule has 0 spiro atoms. The van der Waals surface area contributed by atoms with Gasteiger partial charge in [-0.25, -0.2) is 0 Å². The van der Waals surface area contributed by atoms with E-state index in [1.165, 1.54) is 49.0 Å². The van der Waals surface area contributed by atoms with Crippen LogP contribution in [0.2, 0.25) is 0 Å². The van der Waals surface area contributed by atoms with Crippen LogP contribution in [0.4, 0.5) is 5.69 Å². The van der Waals surface area contributed by atoms with Gasteiger partial charge in [0.05, 0.1) is 0 Å². The number of benzene rings is 1. The summed E-state index contributed by atoms with van der Waals surface area (Å²) in [6.07, 6.45) is 4.86. The van der Waals surface area contributed by atoms with E-state index in [9.17, 15) is 0 Å². The summed E-state index contributed by atoms with van der Waals surface area (Å²) >= 11 is 0. The normalized spacial score (nSPS) is 15.5. The first-order valence-electron chi connectivity index (χ1n) is 7.66. The van der Waals surface area contributed by atoms with Gasteiger partial charge in [0.15, 0.2) is 0 Å². The van der Waals surface area contributed by atoms with Crippen molar-refractivity contribution >= 4 is 5.69 Å². The Morgan fingerprint density at radius 3 is 2.68 bits per heavy atom. The van der Waals surface area contributed by atoms with Gasteiger partial charge < -0.3 is 10.2 Å². The molecule has 0 atom stereocenters. The number of nitrogens with zero attached hydrogens (tertiary/aromatic N) is 1. The topological polar surface area (TPSA) is 15.3 Å². The van der Waals surface area contributed by atoms with Crippen molar-refractivity contribution in [1.29, 1.82) is 0 Å². The summed E-state index contributed by atoms with van der Waals surface area (Å²) in [5.41, 5.74) is 4.63. The van der Waals surface area contributed by atoms with E-state index in [0.717, 1.165) is 6.54 Å². The highest BCUT2D eigenvalue weighted by molar-refractivity contribution is 5.56. The molecule has 1 aliphatic heterocycles. The zero-order valence-electron chi connectivity index (χ0n) is 12.9. The molecule has 1 aliphatic rings. The van der Waals surface area contributed by atoms with Crippen molar-refractivity contribution < 1.29 is 0 Å². The van der Waals surface area contributed by atoms with Crippen molar-refractivity contribution in [2.75, 3.05) is 18.5 Å². The summed E-state index contributed by atoms with van der Waals surface area (Å²) in [6, 6.07) is 6.96. The third-order valence-corrected chi connectivity index (χ3v) is 4.77. The first-order valence-corrected chi connectivity index (χ1v) is 7.66. The third kappa shape index (κ3) is 3.30. The highest BCUT2D eigenvalue weighted by atomic mass is 15.1. The van der Waals surface area contributed by atoms with E-state index in [0.29, 0.717) is 0 Å². The average Bonchev–Trinajstić information content (AvgIpc) is 2.45. The van der Waals surface area contributed by atoms with Crippen molar-refractivity contribution in [1.82, 2.24) is 5.32 Å². The lowest BCUT2D eigenvalue weighted by Crippen LogP contribution is -2.40. The number of rotatable bonds is 5. The molecule has 0 saturated carbocycles. The maximum atomic E-state index is 3.72. The number of fused-ring (bicyclic) bond motifs is 1. The first kappa shape index (κ1) is 14.4. The van der Waals surface area contributed by atoms with E-state index in [2.05, 4.69) is 56.2 Å². The predicted molar refractivity (Wildman–Crippen MR) is 83.9 cm³/mol. The van der Waals surface area contributed by atoms with Crippen LogP contribution in [0.25, 0.3) is 0 Å². The Kier molecular flexibility index (Phi) is 4.51. The minimum atomic E-state index is 0.271. The second-order valence-corrected chi connectivity index (χ2v) is 6.11. The molecule has 106 valence electrons. The maximum Gasteiger partial charge on any atom is 0.0396 e. The highest BCUT2D eigenvalue weighted by Crippen LogP contribution is 2.27. The summed E-state index contributed by atoms with van der Waals surface area (Å²) in [4.78, 5) is 2.37. The summed E-state index contributed by atoms with van der Waals surface area (Å²) in [6.45, 7) is 9.01. The van der Waals surface area contributed by atoms with Gasteiger partial charge in [0.25, 0.3) is 0 Å². The fourth-order valence-electron chi connectivity index (χ4n) is 2.76. The Balaban J connectivity index is 2.06. The monoisotopic (exact) mass is 260 g/mol. The molecule has 1 aromatic rings. The molecule has 1 aromatic carbocycles. The molecular formula is C17H28N2. The molecule has 1 heterocycles. The van der Waals surface area contributed by atoms with Crippen LogP contribution in [0.1, 0.15) is 51.2 Å². The van der Waals surface area contributed by atoms with Crippen molar-refractivity contribution in [3.63, 3.8) is 0 Å². The molecule has 0 aliphatic carbocycles. The van der Waals surface area contributed by atoms with Gasteiger partial charge in [-0.1, -0.05) is 26.0 Å². The first-order chi connectivity index (χ1) is 9.08. The van der Waals surface area contributed by atoms with Gasteiger partial charge in [-0.3, -0.25) is 0 Å². The molecule has 0 radical (unpaired) electrons. The predicted octanol–water partition coefficient (Wildman–Crippen LogP) is 3.74. The van der Waals surface area contributed by atoms with Crippen LogP contribution >= 0.6 is 0 Å². The lowest BCUT2D eigenvalue weighted by Gasteiger charge is -2.30. The Bertz CT molecular complexity index is 421. The van der Waals surface area contributed by atoms with Crippen molar-refractivity contribution in [3.8, 4) is 0 Å². The fraction of sp³-hybridized carbons (Fsp3) is 0.647. The Hall–Kier alpha value is -1.02. The van der Waals surface area contributed by atoms with Crippen LogP contribution in [0.15, 0.2) is 18.2 Å². The molecular weight excluding hydrogens is 232 g/mol. The zero-order chi connectivity index (χ0) is 13.9. The minimum absolute atomic E-state index is 0.271. The fourth-order valence-corrected chi connectivity index (χ4v) is 2.76. The van der Waals surface area contributed by atoms with Gasteiger partial charge in [0, 0.05) is 31.4 Å². The average molecular weight is 260 g/mol. The Morgan fingerprint density at radius 1 is 1.26 bits per heavy atom. The number of hydrogen-bond donors (Lipinski definition) is 1. The second kappa shape index (κ2) is 5.96. The molecule has 2 heteroatoms. The maximum absolute atomic E-state index is 3.72. The van der Waals surface area contributed by atoms with Gasteiger partial charge >= 0.3 is 0 Å². The Morgan fingerprint density at radius 2 is 2.00 bits per heavy atom. The summed E-state index contributed by atoms with van der Waals surface area (Å²) < 4.78 is 0. The van der Waals surface area contributed by atoms with E-state index in [-0.39, 0.29) is 5.54 Å². The largest absolute Gasteiger partial charge is 0.374 e. The van der Waals surface area contributed by atoms with E-state index in [4.69, 9.17) is 0 Å². The Labute approximate surface area is 118 Å². The van der Waals surface area contributed by atoms with Crippen molar-refractivity contribution in [3.05, 3.63) is 29.3 Å². The van der Waals surface area contributed by atoms with Crippen LogP contribution < -0.4 is 10.2 Å². The van der Waals surface area contributed by atoms with Gasteiger partial charge in [0.1, 0.15) is 0 Å². The molecule has 0 bridgehead atoms. The molecule has 0 unspecified atom stereocenters. The molecule has 2 rings (SSSR count). The highest BCUT2D eigenvalue weighted by Gasteiger charge is 2.19. The minimum Gasteiger partial charge on any atom is -0.374 e. The molecule has 1 N–H and O–H groups in total. The number of aryl methyl sites for hydroxylation is 1. The molecule has 2 nitrogen and oxygen atoms in total. The number of nitrogens with one attached hydrogen (secondary N) is 1.